The van der Waals surface area contributed by atoms with Crippen molar-refractivity contribution in [3.8, 4) is 5.75 Å². The molecule has 2 aromatic carbocycles. The van der Waals surface area contributed by atoms with Gasteiger partial charge in [-0.3, -0.25) is 9.69 Å². The second-order valence-corrected chi connectivity index (χ2v) is 6.76. The van der Waals surface area contributed by atoms with Gasteiger partial charge in [-0.05, 0) is 24.3 Å². The quantitative estimate of drug-likeness (QED) is 0.627. The Morgan fingerprint density at radius 3 is 2.04 bits per heavy atom. The third-order valence-corrected chi connectivity index (χ3v) is 5.23. The molecule has 1 aliphatic heterocycles. The van der Waals surface area contributed by atoms with Crippen molar-refractivity contribution in [2.75, 3.05) is 12.0 Å². The Labute approximate surface area is 162 Å². The predicted octanol–water partition coefficient (Wildman–Crippen LogP) is 0.816. The molecule has 1 aliphatic rings. The molecule has 0 spiro atoms. The molecule has 0 atom stereocenters. The summed E-state index contributed by atoms with van der Waals surface area (Å²) in [6.45, 7) is 0.261. The second kappa shape index (κ2) is 7.81. The molecule has 1 amide bonds. The number of anilines is 2. The van der Waals surface area contributed by atoms with Gasteiger partial charge in [0.1, 0.15) is 5.75 Å². The van der Waals surface area contributed by atoms with Crippen molar-refractivity contribution in [1.82, 2.24) is 0 Å². The number of ether oxygens (including phenoxy) is 1. The van der Waals surface area contributed by atoms with E-state index in [-0.39, 0.29) is 24.9 Å². The van der Waals surface area contributed by atoms with Crippen molar-refractivity contribution in [2.24, 2.45) is 0 Å². The lowest BCUT2D eigenvalue weighted by Gasteiger charge is -2.30. The summed E-state index contributed by atoms with van der Waals surface area (Å²) in [5.41, 5.74) is 1.87. The van der Waals surface area contributed by atoms with Crippen molar-refractivity contribution in [2.45, 2.75) is 16.3 Å². The summed E-state index contributed by atoms with van der Waals surface area (Å²) in [5, 5.41) is 0. The third-order valence-electron chi connectivity index (χ3n) is 4.10. The molecule has 0 saturated heterocycles. The third kappa shape index (κ3) is 3.41. The molecule has 4 nitrogen and oxygen atoms in total. The second-order valence-electron chi connectivity index (χ2n) is 5.68. The lowest BCUT2D eigenvalue weighted by Crippen LogP contribution is -3.00. The SMILES string of the molecule is COc1cc[n+](CC(=O)N2c3ccccc3Sc3ccccc32)cc1.[Cl-]. The molecule has 26 heavy (non-hydrogen) atoms. The van der Waals surface area contributed by atoms with Crippen LogP contribution in [0.25, 0.3) is 0 Å². The number of carbonyl (C=O) groups excluding carboxylic acids is 1. The summed E-state index contributed by atoms with van der Waals surface area (Å²) in [6.07, 6.45) is 3.71. The number of methoxy groups -OCH3 is 1. The van der Waals surface area contributed by atoms with Gasteiger partial charge < -0.3 is 17.1 Å². The van der Waals surface area contributed by atoms with Gasteiger partial charge >= 0.3 is 0 Å². The minimum atomic E-state index is 0. The molecular formula is C20H17ClN2O2S. The molecule has 0 fully saturated rings. The van der Waals surface area contributed by atoms with Crippen LogP contribution in [0.5, 0.6) is 5.75 Å². The Morgan fingerprint density at radius 2 is 1.50 bits per heavy atom. The van der Waals surface area contributed by atoms with Crippen molar-refractivity contribution in [3.63, 3.8) is 0 Å². The van der Waals surface area contributed by atoms with Crippen LogP contribution in [-0.4, -0.2) is 13.0 Å². The van der Waals surface area contributed by atoms with Crippen molar-refractivity contribution in [3.05, 3.63) is 73.1 Å². The van der Waals surface area contributed by atoms with Gasteiger partial charge in [0.25, 0.3) is 5.91 Å². The summed E-state index contributed by atoms with van der Waals surface area (Å²) in [6, 6.07) is 19.7. The van der Waals surface area contributed by atoms with Crippen LogP contribution < -0.4 is 26.6 Å². The summed E-state index contributed by atoms with van der Waals surface area (Å²) >= 11 is 1.70. The Morgan fingerprint density at radius 1 is 0.962 bits per heavy atom. The van der Waals surface area contributed by atoms with Gasteiger partial charge in [0.15, 0.2) is 12.4 Å². The van der Waals surface area contributed by atoms with Gasteiger partial charge in [0, 0.05) is 21.9 Å². The zero-order chi connectivity index (χ0) is 17.2. The first-order valence-electron chi connectivity index (χ1n) is 7.98. The van der Waals surface area contributed by atoms with Crippen LogP contribution in [0.2, 0.25) is 0 Å². The van der Waals surface area contributed by atoms with Crippen LogP contribution in [0, 0.1) is 0 Å². The number of carbonyl (C=O) groups is 1. The van der Waals surface area contributed by atoms with Gasteiger partial charge in [-0.25, -0.2) is 0 Å². The Balaban J connectivity index is 0.00000196. The van der Waals surface area contributed by atoms with Crippen LogP contribution in [0.4, 0.5) is 11.4 Å². The van der Waals surface area contributed by atoms with E-state index in [0.717, 1.165) is 26.9 Å². The van der Waals surface area contributed by atoms with Gasteiger partial charge in [0.05, 0.1) is 18.5 Å². The highest BCUT2D eigenvalue weighted by Crippen LogP contribution is 2.47. The number of pyridine rings is 1. The number of fused-ring (bicyclic) bond motifs is 2. The van der Waals surface area contributed by atoms with Crippen LogP contribution in [0.1, 0.15) is 0 Å². The van der Waals surface area contributed by atoms with E-state index in [1.165, 1.54) is 0 Å². The largest absolute Gasteiger partial charge is 1.00 e. The minimum Gasteiger partial charge on any atom is -1.00 e. The van der Waals surface area contributed by atoms with Crippen LogP contribution in [0.15, 0.2) is 82.8 Å². The van der Waals surface area contributed by atoms with Gasteiger partial charge in [-0.1, -0.05) is 36.0 Å². The fourth-order valence-electron chi connectivity index (χ4n) is 2.89. The van der Waals surface area contributed by atoms with Crippen LogP contribution in [0.3, 0.4) is 0 Å². The van der Waals surface area contributed by atoms with E-state index in [1.807, 2.05) is 70.4 Å². The topological polar surface area (TPSA) is 33.4 Å². The minimum absolute atomic E-state index is 0. The molecule has 0 unspecified atom stereocenters. The zero-order valence-electron chi connectivity index (χ0n) is 14.1. The molecule has 4 rings (SSSR count). The molecule has 0 N–H and O–H groups in total. The van der Waals surface area contributed by atoms with E-state index < -0.39 is 0 Å². The maximum atomic E-state index is 13.1. The van der Waals surface area contributed by atoms with Gasteiger partial charge in [0.2, 0.25) is 6.54 Å². The fraction of sp³-hybridized carbons (Fsp3) is 0.100. The van der Waals surface area contributed by atoms with Crippen LogP contribution >= 0.6 is 11.8 Å². The molecule has 1 aromatic heterocycles. The van der Waals surface area contributed by atoms with E-state index >= 15 is 0 Å². The summed E-state index contributed by atoms with van der Waals surface area (Å²) in [7, 11) is 1.63. The Hall–Kier alpha value is -2.50. The highest BCUT2D eigenvalue weighted by molar-refractivity contribution is 7.99. The number of amides is 1. The summed E-state index contributed by atoms with van der Waals surface area (Å²) in [5.74, 6) is 0.795. The molecule has 0 aliphatic carbocycles. The first-order valence-corrected chi connectivity index (χ1v) is 8.80. The monoisotopic (exact) mass is 384 g/mol. The number of rotatable bonds is 3. The maximum absolute atomic E-state index is 13.1. The standard InChI is InChI=1S/C20H17N2O2S.ClH/c1-24-15-10-12-21(13-11-15)14-20(23)22-16-6-2-4-8-18(16)25-19-9-5-3-7-17(19)22;/h2-13H,14H2,1H3;1H/q+1;/p-1. The van der Waals surface area contributed by atoms with E-state index in [4.69, 9.17) is 4.74 Å². The molecule has 0 bridgehead atoms. The average molecular weight is 385 g/mol. The number of hydrogen-bond donors (Lipinski definition) is 0. The average Bonchev–Trinajstić information content (AvgIpc) is 2.66. The first kappa shape index (κ1) is 18.3. The molecule has 2 heterocycles. The summed E-state index contributed by atoms with van der Waals surface area (Å²) in [4.78, 5) is 17.1. The van der Waals surface area contributed by atoms with E-state index in [9.17, 15) is 4.79 Å². The Kier molecular flexibility index (Phi) is 5.49. The van der Waals surface area contributed by atoms with Gasteiger partial charge in [-0.15, -0.1) is 0 Å². The smallest absolute Gasteiger partial charge is 0.297 e. The molecular weight excluding hydrogens is 368 g/mol. The number of para-hydroxylation sites is 2. The van der Waals surface area contributed by atoms with E-state index in [2.05, 4.69) is 12.1 Å². The molecule has 0 radical (unpaired) electrons. The fourth-order valence-corrected chi connectivity index (χ4v) is 3.94. The maximum Gasteiger partial charge on any atom is 0.297 e. The molecule has 3 aromatic rings. The molecule has 0 saturated carbocycles. The number of aromatic nitrogens is 1. The van der Waals surface area contributed by atoms with E-state index in [0.29, 0.717) is 0 Å². The van der Waals surface area contributed by atoms with Crippen molar-refractivity contribution < 1.29 is 26.5 Å². The number of nitrogens with zero attached hydrogens (tertiary/aromatic N) is 2. The van der Waals surface area contributed by atoms with Crippen molar-refractivity contribution in [1.29, 1.82) is 0 Å². The highest BCUT2D eigenvalue weighted by Gasteiger charge is 2.29. The van der Waals surface area contributed by atoms with E-state index in [1.54, 1.807) is 18.9 Å². The lowest BCUT2D eigenvalue weighted by atomic mass is 10.2. The first-order chi connectivity index (χ1) is 12.3. The number of halogens is 1. The lowest BCUT2D eigenvalue weighted by molar-refractivity contribution is -0.684. The Bertz CT molecular complexity index is 886. The zero-order valence-corrected chi connectivity index (χ0v) is 15.7. The predicted molar refractivity (Wildman–Crippen MR) is 97.3 cm³/mol. The number of benzene rings is 2. The van der Waals surface area contributed by atoms with Crippen molar-refractivity contribution >= 4 is 29.0 Å². The molecule has 6 heteroatoms. The normalized spacial score (nSPS) is 11.8. The number of hydrogen-bond acceptors (Lipinski definition) is 3. The van der Waals surface area contributed by atoms with Crippen LogP contribution in [-0.2, 0) is 11.3 Å². The highest BCUT2D eigenvalue weighted by atomic mass is 35.5. The summed E-state index contributed by atoms with van der Waals surface area (Å²) < 4.78 is 7.03. The molecule has 132 valence electrons. The van der Waals surface area contributed by atoms with Gasteiger partial charge in [-0.2, -0.15) is 4.57 Å².